The van der Waals surface area contributed by atoms with Gasteiger partial charge in [-0.3, -0.25) is 0 Å². The molecule has 104 valence electrons. The summed E-state index contributed by atoms with van der Waals surface area (Å²) in [5, 5.41) is 6.24. The zero-order valence-electron chi connectivity index (χ0n) is 11.8. The van der Waals surface area contributed by atoms with Crippen molar-refractivity contribution >= 4 is 29.9 Å². The lowest BCUT2D eigenvalue weighted by molar-refractivity contribution is 0.863. The average Bonchev–Trinajstić information content (AvgIpc) is 2.34. The van der Waals surface area contributed by atoms with E-state index in [1.165, 1.54) is 16.7 Å². The molecular formula is C15H22IN3. The Balaban J connectivity index is 0.00000324. The first-order valence-electron chi connectivity index (χ1n) is 6.19. The molecule has 0 aliphatic carbocycles. The highest BCUT2D eigenvalue weighted by molar-refractivity contribution is 14.0. The number of hydrogen-bond acceptors (Lipinski definition) is 1. The van der Waals surface area contributed by atoms with Gasteiger partial charge in [0.15, 0.2) is 5.96 Å². The van der Waals surface area contributed by atoms with Gasteiger partial charge in [0.25, 0.3) is 0 Å². The monoisotopic (exact) mass is 371 g/mol. The molecule has 0 spiro atoms. The fraction of sp³-hybridized carbons (Fsp3) is 0.400. The van der Waals surface area contributed by atoms with Gasteiger partial charge in [-0.25, -0.2) is 4.99 Å². The van der Waals surface area contributed by atoms with E-state index >= 15 is 0 Å². The first kappa shape index (κ1) is 17.8. The minimum absolute atomic E-state index is 0. The fourth-order valence-electron chi connectivity index (χ4n) is 1.66. The van der Waals surface area contributed by atoms with Gasteiger partial charge in [-0.15, -0.1) is 30.4 Å². The van der Waals surface area contributed by atoms with E-state index in [0.29, 0.717) is 13.1 Å². The van der Waals surface area contributed by atoms with Gasteiger partial charge in [-0.05, 0) is 31.9 Å². The van der Waals surface area contributed by atoms with Gasteiger partial charge in [0, 0.05) is 6.54 Å². The largest absolute Gasteiger partial charge is 0.357 e. The topological polar surface area (TPSA) is 36.4 Å². The lowest BCUT2D eigenvalue weighted by Crippen LogP contribution is -2.37. The number of nitrogens with zero attached hydrogens (tertiary/aromatic N) is 1. The molecule has 0 heterocycles. The fourth-order valence-corrected chi connectivity index (χ4v) is 1.66. The summed E-state index contributed by atoms with van der Waals surface area (Å²) < 4.78 is 0. The SMILES string of the molecule is C#CCNC(=NCc1ccc(C)cc1C)NCC.I. The third kappa shape index (κ3) is 6.48. The highest BCUT2D eigenvalue weighted by atomic mass is 127. The van der Waals surface area contributed by atoms with Crippen molar-refractivity contribution in [3.8, 4) is 12.3 Å². The average molecular weight is 371 g/mol. The van der Waals surface area contributed by atoms with Crippen LogP contribution in [0, 0.1) is 26.2 Å². The Hall–Kier alpha value is -1.22. The van der Waals surface area contributed by atoms with Crippen molar-refractivity contribution in [1.29, 1.82) is 0 Å². The van der Waals surface area contributed by atoms with Crippen molar-refractivity contribution in [3.05, 3.63) is 34.9 Å². The zero-order chi connectivity index (χ0) is 13.4. The van der Waals surface area contributed by atoms with E-state index in [1.54, 1.807) is 0 Å². The molecular weight excluding hydrogens is 349 g/mol. The molecule has 0 atom stereocenters. The molecule has 0 aromatic heterocycles. The molecule has 0 amide bonds. The summed E-state index contributed by atoms with van der Waals surface area (Å²) >= 11 is 0. The summed E-state index contributed by atoms with van der Waals surface area (Å²) in [4.78, 5) is 4.51. The maximum absolute atomic E-state index is 5.23. The molecule has 0 saturated carbocycles. The van der Waals surface area contributed by atoms with E-state index < -0.39 is 0 Å². The van der Waals surface area contributed by atoms with Crippen LogP contribution < -0.4 is 10.6 Å². The summed E-state index contributed by atoms with van der Waals surface area (Å²) in [6.07, 6.45) is 5.23. The minimum Gasteiger partial charge on any atom is -0.357 e. The highest BCUT2D eigenvalue weighted by Gasteiger charge is 1.99. The van der Waals surface area contributed by atoms with Crippen LogP contribution in [-0.4, -0.2) is 19.0 Å². The number of benzene rings is 1. The Labute approximate surface area is 133 Å². The predicted molar refractivity (Wildman–Crippen MR) is 93.0 cm³/mol. The van der Waals surface area contributed by atoms with Crippen molar-refractivity contribution < 1.29 is 0 Å². The van der Waals surface area contributed by atoms with Crippen LogP contribution >= 0.6 is 24.0 Å². The highest BCUT2D eigenvalue weighted by Crippen LogP contribution is 2.11. The first-order chi connectivity index (χ1) is 8.67. The maximum atomic E-state index is 5.23. The van der Waals surface area contributed by atoms with Gasteiger partial charge in [0.05, 0.1) is 13.1 Å². The van der Waals surface area contributed by atoms with E-state index in [2.05, 4.69) is 53.6 Å². The van der Waals surface area contributed by atoms with E-state index in [1.807, 2.05) is 6.92 Å². The molecule has 0 fully saturated rings. The molecule has 0 saturated heterocycles. The van der Waals surface area contributed by atoms with Crippen LogP contribution in [0.15, 0.2) is 23.2 Å². The van der Waals surface area contributed by atoms with Crippen molar-refractivity contribution in [1.82, 2.24) is 10.6 Å². The number of halogens is 1. The van der Waals surface area contributed by atoms with Crippen LogP contribution in [0.1, 0.15) is 23.6 Å². The molecule has 19 heavy (non-hydrogen) atoms. The van der Waals surface area contributed by atoms with Gasteiger partial charge >= 0.3 is 0 Å². The lowest BCUT2D eigenvalue weighted by atomic mass is 10.1. The van der Waals surface area contributed by atoms with E-state index in [4.69, 9.17) is 6.42 Å². The van der Waals surface area contributed by atoms with Crippen molar-refractivity contribution in [3.63, 3.8) is 0 Å². The van der Waals surface area contributed by atoms with Crippen LogP contribution in [0.4, 0.5) is 0 Å². The third-order valence-electron chi connectivity index (χ3n) is 2.61. The number of guanidine groups is 1. The standard InChI is InChI=1S/C15H21N3.HI/c1-5-9-17-15(16-6-2)18-11-14-8-7-12(3)10-13(14)4;/h1,7-8,10H,6,9,11H2,2-4H3,(H2,16,17,18);1H. The molecule has 0 unspecified atom stereocenters. The van der Waals surface area contributed by atoms with Gasteiger partial charge in [-0.2, -0.15) is 0 Å². The first-order valence-corrected chi connectivity index (χ1v) is 6.19. The number of rotatable bonds is 4. The van der Waals surface area contributed by atoms with E-state index in [9.17, 15) is 0 Å². The Morgan fingerprint density at radius 1 is 1.32 bits per heavy atom. The maximum Gasteiger partial charge on any atom is 0.192 e. The number of hydrogen-bond donors (Lipinski definition) is 2. The molecule has 0 aliphatic heterocycles. The van der Waals surface area contributed by atoms with E-state index in [-0.39, 0.29) is 24.0 Å². The molecule has 1 rings (SSSR count). The van der Waals surface area contributed by atoms with Gasteiger partial charge in [0.2, 0.25) is 0 Å². The molecule has 0 aliphatic rings. The van der Waals surface area contributed by atoms with Crippen LogP contribution in [-0.2, 0) is 6.54 Å². The summed E-state index contributed by atoms with van der Waals surface area (Å²) in [7, 11) is 0. The third-order valence-corrected chi connectivity index (χ3v) is 2.61. The smallest absolute Gasteiger partial charge is 0.192 e. The van der Waals surface area contributed by atoms with Crippen molar-refractivity contribution in [2.45, 2.75) is 27.3 Å². The van der Waals surface area contributed by atoms with Crippen LogP contribution in [0.2, 0.25) is 0 Å². The van der Waals surface area contributed by atoms with E-state index in [0.717, 1.165) is 12.5 Å². The van der Waals surface area contributed by atoms with Crippen LogP contribution in [0.5, 0.6) is 0 Å². The number of aryl methyl sites for hydroxylation is 2. The summed E-state index contributed by atoms with van der Waals surface area (Å²) in [5.41, 5.74) is 3.78. The second kappa shape index (κ2) is 9.68. The number of aliphatic imine (C=N–C) groups is 1. The second-order valence-electron chi connectivity index (χ2n) is 4.18. The molecule has 3 nitrogen and oxygen atoms in total. The number of nitrogens with one attached hydrogen (secondary N) is 2. The molecule has 0 radical (unpaired) electrons. The second-order valence-corrected chi connectivity index (χ2v) is 4.18. The van der Waals surface area contributed by atoms with Crippen molar-refractivity contribution in [2.24, 2.45) is 4.99 Å². The summed E-state index contributed by atoms with van der Waals surface area (Å²) in [5.74, 6) is 3.30. The molecule has 2 N–H and O–H groups in total. The Morgan fingerprint density at radius 2 is 2.05 bits per heavy atom. The Bertz CT molecular complexity index is 461. The Morgan fingerprint density at radius 3 is 2.63 bits per heavy atom. The predicted octanol–water partition coefficient (Wildman–Crippen LogP) is 2.61. The molecule has 4 heteroatoms. The minimum atomic E-state index is 0. The molecule has 1 aromatic rings. The normalized spacial score (nSPS) is 10.3. The van der Waals surface area contributed by atoms with Crippen molar-refractivity contribution in [2.75, 3.05) is 13.1 Å². The molecule has 0 bridgehead atoms. The van der Waals surface area contributed by atoms with Crippen LogP contribution in [0.3, 0.4) is 0 Å². The summed E-state index contributed by atoms with van der Waals surface area (Å²) in [6.45, 7) is 8.20. The number of terminal acetylenes is 1. The molecule has 1 aromatic carbocycles. The van der Waals surface area contributed by atoms with Gasteiger partial charge < -0.3 is 10.6 Å². The van der Waals surface area contributed by atoms with Crippen LogP contribution in [0.25, 0.3) is 0 Å². The lowest BCUT2D eigenvalue weighted by Gasteiger charge is -2.10. The zero-order valence-corrected chi connectivity index (χ0v) is 14.1. The quantitative estimate of drug-likeness (QED) is 0.370. The Kier molecular flexibility index (Phi) is 9.06. The van der Waals surface area contributed by atoms with Gasteiger partial charge in [0.1, 0.15) is 0 Å². The van der Waals surface area contributed by atoms with Gasteiger partial charge in [-0.1, -0.05) is 29.7 Å². The summed E-state index contributed by atoms with van der Waals surface area (Å²) in [6, 6.07) is 6.41.